The van der Waals surface area contributed by atoms with E-state index in [1.807, 2.05) is 5.38 Å². The number of hydrogen-bond acceptors (Lipinski definition) is 7. The highest BCUT2D eigenvalue weighted by molar-refractivity contribution is 7.13. The third-order valence-corrected chi connectivity index (χ3v) is 7.12. The number of halogens is 3. The first-order chi connectivity index (χ1) is 16.9. The average Bonchev–Trinajstić information content (AvgIpc) is 3.49. The molecule has 0 radical (unpaired) electrons. The maximum absolute atomic E-state index is 13.2. The average molecular weight is 553 g/mol. The van der Waals surface area contributed by atoms with Crippen LogP contribution in [0.15, 0.2) is 40.8 Å². The standard InChI is InChI=1S/C23H20Cl3N5O3S/c1-34-16-8-14(25)7-15(22(32)30-18-5-4-13(24)10-29-18)20(16)31-23(33)21-19(26)12(11-35-21)9-28-17-3-2-6-27-17/h4-5,7-8,10-11H,2-3,6,9H2,1H3,(H,27,28)(H,31,33)(H,29,30,32). The van der Waals surface area contributed by atoms with Gasteiger partial charge < -0.3 is 20.7 Å². The second-order valence-corrected chi connectivity index (χ2v) is 9.62. The summed E-state index contributed by atoms with van der Waals surface area (Å²) in [6.07, 6.45) is 3.34. The lowest BCUT2D eigenvalue weighted by Gasteiger charge is -2.15. The summed E-state index contributed by atoms with van der Waals surface area (Å²) < 4.78 is 5.39. The van der Waals surface area contributed by atoms with Crippen molar-refractivity contribution in [2.24, 2.45) is 4.99 Å². The Labute approximate surface area is 220 Å². The van der Waals surface area contributed by atoms with Crippen molar-refractivity contribution in [1.29, 1.82) is 0 Å². The highest BCUT2D eigenvalue weighted by Gasteiger charge is 2.23. The summed E-state index contributed by atoms with van der Waals surface area (Å²) in [6.45, 7) is 1.29. The Morgan fingerprint density at radius 1 is 1.11 bits per heavy atom. The van der Waals surface area contributed by atoms with E-state index in [9.17, 15) is 9.59 Å². The SMILES string of the molecule is COc1cc(Cl)cc(C(=O)Nc2ccc(Cl)cn2)c1NC(=O)c1scc(CNC2=NCCC2)c1Cl. The van der Waals surface area contributed by atoms with Crippen LogP contribution in [0.5, 0.6) is 5.75 Å². The van der Waals surface area contributed by atoms with Gasteiger partial charge in [-0.2, -0.15) is 0 Å². The molecule has 8 nitrogen and oxygen atoms in total. The number of aromatic nitrogens is 1. The molecule has 1 aromatic carbocycles. The van der Waals surface area contributed by atoms with Gasteiger partial charge in [-0.05, 0) is 30.0 Å². The van der Waals surface area contributed by atoms with Gasteiger partial charge in [-0.25, -0.2) is 4.98 Å². The molecule has 0 bridgehead atoms. The molecule has 4 rings (SSSR count). The lowest BCUT2D eigenvalue weighted by molar-refractivity contribution is 0.102. The molecular weight excluding hydrogens is 533 g/mol. The minimum Gasteiger partial charge on any atom is -0.494 e. The van der Waals surface area contributed by atoms with Crippen LogP contribution in [0.1, 0.15) is 38.4 Å². The first kappa shape index (κ1) is 25.2. The van der Waals surface area contributed by atoms with Gasteiger partial charge in [0.15, 0.2) is 0 Å². The van der Waals surface area contributed by atoms with Gasteiger partial charge in [0.05, 0.1) is 34.2 Å². The Hall–Kier alpha value is -2.85. The van der Waals surface area contributed by atoms with Gasteiger partial charge >= 0.3 is 0 Å². The van der Waals surface area contributed by atoms with Crippen LogP contribution in [0.2, 0.25) is 15.1 Å². The number of carbonyl (C=O) groups is 2. The third kappa shape index (κ3) is 6.05. The van der Waals surface area contributed by atoms with E-state index >= 15 is 0 Å². The fourth-order valence-corrected chi connectivity index (χ4v) is 4.97. The van der Waals surface area contributed by atoms with Gasteiger partial charge in [0.1, 0.15) is 16.4 Å². The van der Waals surface area contributed by atoms with Crippen molar-refractivity contribution in [2.45, 2.75) is 19.4 Å². The number of hydrogen-bond donors (Lipinski definition) is 3. The predicted octanol–water partition coefficient (Wildman–Crippen LogP) is 5.90. The highest BCUT2D eigenvalue weighted by Crippen LogP contribution is 2.35. The van der Waals surface area contributed by atoms with E-state index in [0.29, 0.717) is 21.5 Å². The monoisotopic (exact) mass is 551 g/mol. The van der Waals surface area contributed by atoms with E-state index in [1.165, 1.54) is 36.8 Å². The maximum Gasteiger partial charge on any atom is 0.267 e. The molecule has 1 aliphatic rings. The number of methoxy groups -OCH3 is 1. The lowest BCUT2D eigenvalue weighted by atomic mass is 10.1. The van der Waals surface area contributed by atoms with Crippen molar-refractivity contribution in [1.82, 2.24) is 10.3 Å². The number of pyridine rings is 1. The summed E-state index contributed by atoms with van der Waals surface area (Å²) in [5.41, 5.74) is 1.03. The van der Waals surface area contributed by atoms with Gasteiger partial charge in [0, 0.05) is 42.4 Å². The molecule has 2 aromatic heterocycles. The van der Waals surface area contributed by atoms with Crippen LogP contribution in [0, 0.1) is 0 Å². The van der Waals surface area contributed by atoms with Crippen LogP contribution in [-0.4, -0.2) is 36.3 Å². The molecule has 3 heterocycles. The molecule has 1 aliphatic heterocycles. The molecule has 182 valence electrons. The number of carbonyl (C=O) groups excluding carboxylic acids is 2. The largest absolute Gasteiger partial charge is 0.494 e. The molecular formula is C23H20Cl3N5O3S. The number of anilines is 2. The number of rotatable bonds is 7. The number of nitrogens with zero attached hydrogens (tertiary/aromatic N) is 2. The fraction of sp³-hybridized carbons (Fsp3) is 0.217. The molecule has 3 N–H and O–H groups in total. The van der Waals surface area contributed by atoms with Crippen LogP contribution in [-0.2, 0) is 6.54 Å². The molecule has 2 amide bonds. The second-order valence-electron chi connectivity index (χ2n) is 7.49. The molecule has 12 heteroatoms. The number of ether oxygens (including phenoxy) is 1. The number of aliphatic imine (C=N–C) groups is 1. The van der Waals surface area contributed by atoms with E-state index in [0.717, 1.165) is 30.8 Å². The molecule has 35 heavy (non-hydrogen) atoms. The number of amidine groups is 1. The molecule has 0 saturated heterocycles. The second kappa shape index (κ2) is 11.3. The minimum atomic E-state index is -0.546. The van der Waals surface area contributed by atoms with E-state index < -0.39 is 11.8 Å². The van der Waals surface area contributed by atoms with E-state index in [1.54, 1.807) is 12.1 Å². The molecule has 0 saturated carbocycles. The van der Waals surface area contributed by atoms with Gasteiger partial charge in [0.25, 0.3) is 11.8 Å². The van der Waals surface area contributed by atoms with Crippen LogP contribution >= 0.6 is 46.1 Å². The van der Waals surface area contributed by atoms with Crippen molar-refractivity contribution < 1.29 is 14.3 Å². The molecule has 0 fully saturated rings. The summed E-state index contributed by atoms with van der Waals surface area (Å²) in [5.74, 6) is 0.406. The maximum atomic E-state index is 13.2. The fourth-order valence-electron chi connectivity index (χ4n) is 3.39. The number of benzene rings is 1. The van der Waals surface area contributed by atoms with Gasteiger partial charge in [0.2, 0.25) is 0 Å². The predicted molar refractivity (Wildman–Crippen MR) is 141 cm³/mol. The zero-order valence-electron chi connectivity index (χ0n) is 18.5. The van der Waals surface area contributed by atoms with Crippen LogP contribution in [0.25, 0.3) is 0 Å². The minimum absolute atomic E-state index is 0.0910. The summed E-state index contributed by atoms with van der Waals surface area (Å²) in [6, 6.07) is 6.08. The van der Waals surface area contributed by atoms with Crippen molar-refractivity contribution in [3.63, 3.8) is 0 Å². The summed E-state index contributed by atoms with van der Waals surface area (Å²) in [5, 5.41) is 11.5. The van der Waals surface area contributed by atoms with Crippen molar-refractivity contribution in [2.75, 3.05) is 24.3 Å². The van der Waals surface area contributed by atoms with Gasteiger partial charge in [-0.1, -0.05) is 34.8 Å². The molecule has 3 aromatic rings. The third-order valence-electron chi connectivity index (χ3n) is 5.10. The van der Waals surface area contributed by atoms with Crippen LogP contribution in [0.4, 0.5) is 11.5 Å². The summed E-state index contributed by atoms with van der Waals surface area (Å²) >= 11 is 19.8. The zero-order valence-corrected chi connectivity index (χ0v) is 21.5. The Morgan fingerprint density at radius 2 is 1.94 bits per heavy atom. The Morgan fingerprint density at radius 3 is 2.63 bits per heavy atom. The quantitative estimate of drug-likeness (QED) is 0.339. The van der Waals surface area contributed by atoms with E-state index in [2.05, 4.69) is 25.9 Å². The van der Waals surface area contributed by atoms with Crippen LogP contribution in [0.3, 0.4) is 0 Å². The lowest BCUT2D eigenvalue weighted by Crippen LogP contribution is -2.21. The number of nitrogens with one attached hydrogen (secondary N) is 3. The summed E-state index contributed by atoms with van der Waals surface area (Å²) in [7, 11) is 1.41. The molecule has 0 atom stereocenters. The smallest absolute Gasteiger partial charge is 0.267 e. The first-order valence-electron chi connectivity index (χ1n) is 10.5. The van der Waals surface area contributed by atoms with Gasteiger partial charge in [-0.15, -0.1) is 11.3 Å². The van der Waals surface area contributed by atoms with Crippen LogP contribution < -0.4 is 20.7 Å². The molecule has 0 spiro atoms. The highest BCUT2D eigenvalue weighted by atomic mass is 35.5. The number of thiophene rings is 1. The molecule has 0 aliphatic carbocycles. The van der Waals surface area contributed by atoms with Crippen molar-refractivity contribution in [3.8, 4) is 5.75 Å². The number of amides is 2. The molecule has 0 unspecified atom stereocenters. The van der Waals surface area contributed by atoms with Crippen molar-refractivity contribution >= 4 is 75.3 Å². The Kier molecular flexibility index (Phi) is 8.12. The Bertz CT molecular complexity index is 1290. The summed E-state index contributed by atoms with van der Waals surface area (Å²) in [4.78, 5) is 34.9. The normalized spacial score (nSPS) is 12.7. The zero-order chi connectivity index (χ0) is 24.9. The van der Waals surface area contributed by atoms with E-state index in [4.69, 9.17) is 39.5 Å². The van der Waals surface area contributed by atoms with E-state index in [-0.39, 0.29) is 27.8 Å². The van der Waals surface area contributed by atoms with Crippen molar-refractivity contribution in [3.05, 3.63) is 66.9 Å². The topological polar surface area (TPSA) is 105 Å². The first-order valence-corrected chi connectivity index (χ1v) is 12.5. The van der Waals surface area contributed by atoms with Gasteiger partial charge in [-0.3, -0.25) is 14.6 Å². The Balaban J connectivity index is 1.56.